The predicted octanol–water partition coefficient (Wildman–Crippen LogP) is 3.18. The lowest BCUT2D eigenvalue weighted by Gasteiger charge is -2.07. The van der Waals surface area contributed by atoms with E-state index in [0.717, 1.165) is 29.7 Å². The molecule has 0 radical (unpaired) electrons. The molecule has 2 aromatic carbocycles. The largest absolute Gasteiger partial charge is 0.346 e. The summed E-state index contributed by atoms with van der Waals surface area (Å²) >= 11 is 0. The van der Waals surface area contributed by atoms with Gasteiger partial charge in [0, 0.05) is 23.8 Å². The van der Waals surface area contributed by atoms with Gasteiger partial charge in [-0.25, -0.2) is 14.3 Å². The van der Waals surface area contributed by atoms with Crippen LogP contribution in [0.1, 0.15) is 24.4 Å². The van der Waals surface area contributed by atoms with Gasteiger partial charge in [-0.1, -0.05) is 48.0 Å². The zero-order valence-electron chi connectivity index (χ0n) is 15.8. The van der Waals surface area contributed by atoms with Crippen LogP contribution in [0.3, 0.4) is 0 Å². The molecule has 1 aliphatic carbocycles. The molecule has 2 amide bonds. The van der Waals surface area contributed by atoms with Crippen LogP contribution in [0, 0.1) is 6.92 Å². The van der Waals surface area contributed by atoms with E-state index in [4.69, 9.17) is 0 Å². The summed E-state index contributed by atoms with van der Waals surface area (Å²) in [4.78, 5) is 24.8. The second kappa shape index (κ2) is 7.72. The third-order valence-electron chi connectivity index (χ3n) is 4.73. The average Bonchev–Trinajstić information content (AvgIpc) is 3.48. The summed E-state index contributed by atoms with van der Waals surface area (Å²) in [5, 5.41) is 10.1. The van der Waals surface area contributed by atoms with E-state index in [-0.39, 0.29) is 17.8 Å². The smallest absolute Gasteiger partial charge is 0.336 e. The van der Waals surface area contributed by atoms with E-state index in [1.54, 1.807) is 4.57 Å². The topological polar surface area (TPSA) is 81.0 Å². The monoisotopic (exact) mass is 377 g/mol. The number of hydrogen-bond donors (Lipinski definition) is 2. The second-order valence-corrected chi connectivity index (χ2v) is 7.04. The Morgan fingerprint density at radius 3 is 2.50 bits per heavy atom. The van der Waals surface area contributed by atoms with E-state index < -0.39 is 0 Å². The fraction of sp³-hybridized carbons (Fsp3) is 0.286. The standard InChI is InChI=1S/C21H23N5O2/c1-15-7-9-17(10-8-15)23-20(27)22-13-14-25-21(28)26(18-11-12-18)19(24-25)16-5-3-2-4-6-16/h2-10,18H,11-14H2,1H3,(H2,22,23,27). The molecule has 28 heavy (non-hydrogen) atoms. The Kier molecular flexibility index (Phi) is 4.97. The Morgan fingerprint density at radius 2 is 1.82 bits per heavy atom. The van der Waals surface area contributed by atoms with Crippen molar-refractivity contribution >= 4 is 11.7 Å². The summed E-state index contributed by atoms with van der Waals surface area (Å²) in [5.74, 6) is 0.692. The SMILES string of the molecule is Cc1ccc(NC(=O)NCCn2nc(-c3ccccc3)n(C3CC3)c2=O)cc1. The summed E-state index contributed by atoms with van der Waals surface area (Å²) in [6, 6.07) is 17.2. The lowest BCUT2D eigenvalue weighted by Crippen LogP contribution is -2.34. The van der Waals surface area contributed by atoms with Gasteiger partial charge >= 0.3 is 11.7 Å². The minimum atomic E-state index is -0.304. The molecule has 0 unspecified atom stereocenters. The Balaban J connectivity index is 1.42. The number of carbonyl (C=O) groups is 1. The summed E-state index contributed by atoms with van der Waals surface area (Å²) in [6.07, 6.45) is 2.01. The number of anilines is 1. The highest BCUT2D eigenvalue weighted by atomic mass is 16.2. The number of aromatic nitrogens is 3. The maximum atomic E-state index is 12.8. The van der Waals surface area contributed by atoms with Gasteiger partial charge in [0.1, 0.15) is 0 Å². The van der Waals surface area contributed by atoms with E-state index in [9.17, 15) is 9.59 Å². The van der Waals surface area contributed by atoms with Crippen molar-refractivity contribution in [2.24, 2.45) is 0 Å². The number of nitrogens with zero attached hydrogens (tertiary/aromatic N) is 3. The summed E-state index contributed by atoms with van der Waals surface area (Å²) in [7, 11) is 0. The number of urea groups is 1. The van der Waals surface area contributed by atoms with Crippen LogP contribution < -0.4 is 16.3 Å². The van der Waals surface area contributed by atoms with Gasteiger partial charge < -0.3 is 10.6 Å². The highest BCUT2D eigenvalue weighted by Crippen LogP contribution is 2.36. The minimum absolute atomic E-state index is 0.123. The van der Waals surface area contributed by atoms with Crippen molar-refractivity contribution in [1.29, 1.82) is 0 Å². The number of hydrogen-bond acceptors (Lipinski definition) is 3. The lowest BCUT2D eigenvalue weighted by molar-refractivity contribution is 0.251. The zero-order chi connectivity index (χ0) is 19.5. The maximum Gasteiger partial charge on any atom is 0.346 e. The number of rotatable bonds is 6. The molecule has 1 aromatic heterocycles. The third-order valence-corrected chi connectivity index (χ3v) is 4.73. The number of aryl methyl sites for hydroxylation is 1. The average molecular weight is 377 g/mol. The Hall–Kier alpha value is -3.35. The number of carbonyl (C=O) groups excluding carboxylic acids is 1. The molecular formula is C21H23N5O2. The molecule has 2 N–H and O–H groups in total. The quantitative estimate of drug-likeness (QED) is 0.692. The van der Waals surface area contributed by atoms with Crippen LogP contribution in [0.2, 0.25) is 0 Å². The van der Waals surface area contributed by atoms with E-state index in [1.165, 1.54) is 4.68 Å². The normalized spacial score (nSPS) is 13.3. The molecule has 144 valence electrons. The van der Waals surface area contributed by atoms with E-state index >= 15 is 0 Å². The zero-order valence-corrected chi connectivity index (χ0v) is 15.8. The van der Waals surface area contributed by atoms with Crippen molar-refractivity contribution in [3.05, 3.63) is 70.6 Å². The fourth-order valence-corrected chi connectivity index (χ4v) is 3.10. The Morgan fingerprint density at radius 1 is 1.11 bits per heavy atom. The molecule has 7 heteroatoms. The summed E-state index contributed by atoms with van der Waals surface area (Å²) in [5.41, 5.74) is 2.66. The van der Waals surface area contributed by atoms with Crippen molar-refractivity contribution in [3.8, 4) is 11.4 Å². The van der Waals surface area contributed by atoms with Crippen LogP contribution in [0.25, 0.3) is 11.4 Å². The van der Waals surface area contributed by atoms with E-state index in [2.05, 4.69) is 15.7 Å². The predicted molar refractivity (Wildman–Crippen MR) is 108 cm³/mol. The first-order chi connectivity index (χ1) is 13.6. The Labute approximate surface area is 163 Å². The molecular weight excluding hydrogens is 354 g/mol. The molecule has 4 rings (SSSR count). The highest BCUT2D eigenvalue weighted by molar-refractivity contribution is 5.89. The van der Waals surface area contributed by atoms with Gasteiger partial charge in [0.15, 0.2) is 5.82 Å². The molecule has 3 aromatic rings. The van der Waals surface area contributed by atoms with Gasteiger partial charge in [0.05, 0.1) is 6.54 Å². The van der Waals surface area contributed by atoms with E-state index in [1.807, 2.05) is 61.5 Å². The van der Waals surface area contributed by atoms with Gasteiger partial charge in [-0.05, 0) is 31.9 Å². The van der Waals surface area contributed by atoms with Crippen LogP contribution in [0.4, 0.5) is 10.5 Å². The fourth-order valence-electron chi connectivity index (χ4n) is 3.10. The van der Waals surface area contributed by atoms with Crippen molar-refractivity contribution in [1.82, 2.24) is 19.7 Å². The number of amides is 2. The van der Waals surface area contributed by atoms with Crippen LogP contribution >= 0.6 is 0 Å². The second-order valence-electron chi connectivity index (χ2n) is 7.04. The van der Waals surface area contributed by atoms with Gasteiger partial charge in [0.25, 0.3) is 0 Å². The lowest BCUT2D eigenvalue weighted by atomic mass is 10.2. The first kappa shape index (κ1) is 18.0. The van der Waals surface area contributed by atoms with Crippen LogP contribution in [-0.4, -0.2) is 26.9 Å². The number of benzene rings is 2. The minimum Gasteiger partial charge on any atom is -0.336 e. The van der Waals surface area contributed by atoms with Gasteiger partial charge in [-0.2, -0.15) is 0 Å². The highest BCUT2D eigenvalue weighted by Gasteiger charge is 2.30. The molecule has 7 nitrogen and oxygen atoms in total. The summed E-state index contributed by atoms with van der Waals surface area (Å²) in [6.45, 7) is 2.62. The summed E-state index contributed by atoms with van der Waals surface area (Å²) < 4.78 is 3.22. The van der Waals surface area contributed by atoms with Gasteiger partial charge in [0.2, 0.25) is 0 Å². The molecule has 1 heterocycles. The molecule has 0 bridgehead atoms. The van der Waals surface area contributed by atoms with E-state index in [0.29, 0.717) is 18.9 Å². The van der Waals surface area contributed by atoms with Crippen molar-refractivity contribution < 1.29 is 4.79 Å². The third kappa shape index (κ3) is 3.98. The molecule has 0 atom stereocenters. The van der Waals surface area contributed by atoms with Gasteiger partial charge in [-0.15, -0.1) is 5.10 Å². The first-order valence-electron chi connectivity index (χ1n) is 9.48. The van der Waals surface area contributed by atoms with Gasteiger partial charge in [-0.3, -0.25) is 4.57 Å². The number of nitrogens with one attached hydrogen (secondary N) is 2. The molecule has 1 fully saturated rings. The van der Waals surface area contributed by atoms with Crippen molar-refractivity contribution in [2.45, 2.75) is 32.4 Å². The van der Waals surface area contributed by atoms with Crippen LogP contribution in [0.15, 0.2) is 59.4 Å². The van der Waals surface area contributed by atoms with Crippen LogP contribution in [-0.2, 0) is 6.54 Å². The van der Waals surface area contributed by atoms with Crippen molar-refractivity contribution in [3.63, 3.8) is 0 Å². The molecule has 0 aliphatic heterocycles. The molecule has 1 aliphatic rings. The Bertz CT molecular complexity index is 1020. The first-order valence-corrected chi connectivity index (χ1v) is 9.48. The molecule has 0 saturated heterocycles. The van der Waals surface area contributed by atoms with Crippen LogP contribution in [0.5, 0.6) is 0 Å². The van der Waals surface area contributed by atoms with Crippen molar-refractivity contribution in [2.75, 3.05) is 11.9 Å². The maximum absolute atomic E-state index is 12.8. The molecule has 1 saturated carbocycles. The molecule has 0 spiro atoms.